The summed E-state index contributed by atoms with van der Waals surface area (Å²) in [6.45, 7) is 7.47. The fourth-order valence-electron chi connectivity index (χ4n) is 5.58. The zero-order valence-electron chi connectivity index (χ0n) is 23.3. The number of para-hydroxylation sites is 1. The number of anilines is 2. The van der Waals surface area contributed by atoms with E-state index in [-0.39, 0.29) is 23.8 Å². The van der Waals surface area contributed by atoms with Gasteiger partial charge in [0.05, 0.1) is 11.4 Å². The number of aromatic nitrogens is 1. The molecular weight excluding hydrogens is 571 g/mol. The average molecular weight is 600 g/mol. The lowest BCUT2D eigenvalue weighted by atomic mass is 10.0. The number of carbonyl (C=O) groups is 1. The Morgan fingerprint density at radius 2 is 1.74 bits per heavy atom. The van der Waals surface area contributed by atoms with Crippen molar-refractivity contribution < 1.29 is 14.3 Å². The molecule has 1 aromatic heterocycles. The third-order valence-corrected chi connectivity index (χ3v) is 9.17. The Bertz CT molecular complexity index is 1700. The molecule has 0 bridgehead atoms. The highest BCUT2D eigenvalue weighted by Crippen LogP contribution is 2.38. The van der Waals surface area contributed by atoms with Crippen LogP contribution in [0.15, 0.2) is 58.2 Å². The number of nitriles is 1. The lowest BCUT2D eigenvalue weighted by molar-refractivity contribution is -0.122. The molecule has 0 aliphatic carbocycles. The molecule has 4 heterocycles. The minimum atomic E-state index is -0.314. The van der Waals surface area contributed by atoms with Crippen LogP contribution in [0.4, 0.5) is 11.5 Å². The number of thioether (sulfide) groups is 1. The summed E-state index contributed by atoms with van der Waals surface area (Å²) in [7, 11) is 0. The maximum atomic E-state index is 13.7. The second-order valence-electron chi connectivity index (χ2n) is 10.2. The first kappa shape index (κ1) is 27.9. The summed E-state index contributed by atoms with van der Waals surface area (Å²) in [5.41, 5.74) is 3.07. The molecule has 2 fully saturated rings. The second-order valence-corrected chi connectivity index (χ2v) is 11.8. The number of carbonyl (C=O) groups excluding carboxylic acids is 1. The predicted molar refractivity (Wildman–Crippen MR) is 168 cm³/mol. The van der Waals surface area contributed by atoms with Crippen LogP contribution in [0, 0.1) is 18.3 Å². The van der Waals surface area contributed by atoms with Gasteiger partial charge in [-0.25, -0.2) is 0 Å². The van der Waals surface area contributed by atoms with Crippen LogP contribution in [0.1, 0.15) is 29.2 Å². The molecule has 0 N–H and O–H groups in total. The van der Waals surface area contributed by atoms with Crippen LogP contribution in [-0.2, 0) is 17.9 Å². The SMILES string of the molecule is CCn1c(N2CCN(c3ccccc3)CC2)c(C=C2SC(=S)N(Cc3ccc4c(c3)OCO4)C2=O)c(C)c(C#N)c1=O. The zero-order valence-corrected chi connectivity index (χ0v) is 25.0. The fourth-order valence-corrected chi connectivity index (χ4v) is 6.82. The fraction of sp³-hybridized carbons (Fsp3) is 0.290. The van der Waals surface area contributed by atoms with Gasteiger partial charge in [0.2, 0.25) is 6.79 Å². The number of fused-ring (bicyclic) bond motifs is 1. The Morgan fingerprint density at radius 1 is 1.02 bits per heavy atom. The monoisotopic (exact) mass is 599 g/mol. The van der Waals surface area contributed by atoms with Gasteiger partial charge in [-0.15, -0.1) is 0 Å². The first-order valence-electron chi connectivity index (χ1n) is 13.8. The highest BCUT2D eigenvalue weighted by molar-refractivity contribution is 8.26. The minimum absolute atomic E-state index is 0.0885. The molecular formula is C31H29N5O4S2. The number of benzene rings is 2. The number of hydrogen-bond donors (Lipinski definition) is 0. The number of rotatable bonds is 6. The summed E-state index contributed by atoms with van der Waals surface area (Å²) < 4.78 is 13.0. The van der Waals surface area contributed by atoms with E-state index in [1.54, 1.807) is 22.5 Å². The minimum Gasteiger partial charge on any atom is -0.454 e. The van der Waals surface area contributed by atoms with E-state index in [1.165, 1.54) is 11.8 Å². The molecule has 214 valence electrons. The summed E-state index contributed by atoms with van der Waals surface area (Å²) in [5, 5.41) is 9.91. The van der Waals surface area contributed by atoms with Gasteiger partial charge in [0.15, 0.2) is 11.5 Å². The maximum Gasteiger partial charge on any atom is 0.270 e. The molecule has 2 aromatic carbocycles. The van der Waals surface area contributed by atoms with Gasteiger partial charge >= 0.3 is 0 Å². The molecule has 9 nitrogen and oxygen atoms in total. The lowest BCUT2D eigenvalue weighted by Crippen LogP contribution is -2.48. The van der Waals surface area contributed by atoms with Gasteiger partial charge in [-0.05, 0) is 55.3 Å². The summed E-state index contributed by atoms with van der Waals surface area (Å²) >= 11 is 6.86. The van der Waals surface area contributed by atoms with Crippen LogP contribution < -0.4 is 24.8 Å². The van der Waals surface area contributed by atoms with Crippen LogP contribution in [0.5, 0.6) is 11.5 Å². The van der Waals surface area contributed by atoms with E-state index in [4.69, 9.17) is 21.7 Å². The van der Waals surface area contributed by atoms with Gasteiger partial charge in [0, 0.05) is 44.0 Å². The molecule has 6 rings (SSSR count). The van der Waals surface area contributed by atoms with Crippen LogP contribution in [0.3, 0.4) is 0 Å². The van der Waals surface area contributed by atoms with Gasteiger partial charge in [0.1, 0.15) is 21.8 Å². The number of amides is 1. The Kier molecular flexibility index (Phi) is 7.66. The molecule has 2 saturated heterocycles. The Balaban J connectivity index is 1.34. The van der Waals surface area contributed by atoms with Crippen molar-refractivity contribution in [1.29, 1.82) is 5.26 Å². The summed E-state index contributed by atoms with van der Waals surface area (Å²) in [4.78, 5) is 33.6. The summed E-state index contributed by atoms with van der Waals surface area (Å²) in [6.07, 6.45) is 1.81. The predicted octanol–water partition coefficient (Wildman–Crippen LogP) is 4.51. The summed E-state index contributed by atoms with van der Waals surface area (Å²) in [6, 6.07) is 17.9. The molecule has 11 heteroatoms. The van der Waals surface area contributed by atoms with Crippen molar-refractivity contribution in [1.82, 2.24) is 9.47 Å². The van der Waals surface area contributed by atoms with Gasteiger partial charge < -0.3 is 19.3 Å². The number of hydrogen-bond acceptors (Lipinski definition) is 9. The first-order valence-corrected chi connectivity index (χ1v) is 15.0. The van der Waals surface area contributed by atoms with Crippen molar-refractivity contribution in [3.63, 3.8) is 0 Å². The molecule has 0 unspecified atom stereocenters. The molecule has 42 heavy (non-hydrogen) atoms. The van der Waals surface area contributed by atoms with Crippen LogP contribution in [-0.4, -0.2) is 52.7 Å². The van der Waals surface area contributed by atoms with Crippen LogP contribution >= 0.6 is 24.0 Å². The smallest absolute Gasteiger partial charge is 0.270 e. The number of piperazine rings is 1. The van der Waals surface area contributed by atoms with Crippen LogP contribution in [0.25, 0.3) is 6.08 Å². The number of thiocarbonyl (C=S) groups is 1. The Labute approximate surface area is 253 Å². The largest absolute Gasteiger partial charge is 0.454 e. The Hall–Kier alpha value is -4.27. The van der Waals surface area contributed by atoms with Crippen molar-refractivity contribution in [3.8, 4) is 17.6 Å². The van der Waals surface area contributed by atoms with Crippen molar-refractivity contribution in [2.45, 2.75) is 26.9 Å². The number of pyridine rings is 1. The van der Waals surface area contributed by atoms with E-state index in [1.807, 2.05) is 43.3 Å². The molecule has 3 aromatic rings. The molecule has 0 saturated carbocycles. The molecule has 0 atom stereocenters. The molecule has 3 aliphatic heterocycles. The van der Waals surface area contributed by atoms with E-state index in [0.29, 0.717) is 58.0 Å². The second kappa shape index (κ2) is 11.5. The quantitative estimate of drug-likeness (QED) is 0.300. The average Bonchev–Trinajstić information content (AvgIpc) is 3.58. The van der Waals surface area contributed by atoms with Gasteiger partial charge in [-0.2, -0.15) is 5.26 Å². The first-order chi connectivity index (χ1) is 20.4. The third-order valence-electron chi connectivity index (χ3n) is 7.79. The van der Waals surface area contributed by atoms with Gasteiger partial charge in [-0.3, -0.25) is 19.1 Å². The van der Waals surface area contributed by atoms with E-state index in [0.717, 1.165) is 30.2 Å². The normalized spacial score (nSPS) is 17.4. The van der Waals surface area contributed by atoms with Crippen molar-refractivity contribution in [2.75, 3.05) is 42.8 Å². The molecule has 3 aliphatic rings. The third kappa shape index (κ3) is 5.01. The number of nitrogens with zero attached hydrogens (tertiary/aromatic N) is 5. The summed E-state index contributed by atoms with van der Waals surface area (Å²) in [5.74, 6) is 1.84. The van der Waals surface area contributed by atoms with E-state index in [2.05, 4.69) is 28.0 Å². The number of ether oxygens (including phenoxy) is 2. The van der Waals surface area contributed by atoms with E-state index >= 15 is 0 Å². The van der Waals surface area contributed by atoms with E-state index < -0.39 is 0 Å². The zero-order chi connectivity index (χ0) is 29.4. The van der Waals surface area contributed by atoms with Crippen molar-refractivity contribution in [2.24, 2.45) is 0 Å². The maximum absolute atomic E-state index is 13.7. The molecule has 1 amide bonds. The van der Waals surface area contributed by atoms with Crippen molar-refractivity contribution >= 4 is 51.8 Å². The standard InChI is InChI=1S/C31H29N5O4S2/c1-3-35-28(34-13-11-33(12-14-34)22-7-5-4-6-8-22)23(20(2)24(17-32)29(35)37)16-27-30(38)36(31(41)42-27)18-21-9-10-25-26(15-21)40-19-39-25/h4-10,15-16H,3,11-14,18-19H2,1-2H3. The highest BCUT2D eigenvalue weighted by atomic mass is 32.2. The lowest BCUT2D eigenvalue weighted by Gasteiger charge is -2.39. The van der Waals surface area contributed by atoms with Gasteiger partial charge in [-0.1, -0.05) is 48.2 Å². The molecule has 0 radical (unpaired) electrons. The highest BCUT2D eigenvalue weighted by Gasteiger charge is 2.34. The molecule has 0 spiro atoms. The van der Waals surface area contributed by atoms with E-state index in [9.17, 15) is 14.9 Å². The topological polar surface area (TPSA) is 91.0 Å². The van der Waals surface area contributed by atoms with Crippen LogP contribution in [0.2, 0.25) is 0 Å². The Morgan fingerprint density at radius 3 is 2.45 bits per heavy atom. The van der Waals surface area contributed by atoms with Crippen molar-refractivity contribution in [3.05, 3.63) is 86.0 Å². The van der Waals surface area contributed by atoms with Gasteiger partial charge in [0.25, 0.3) is 11.5 Å².